The lowest BCUT2D eigenvalue weighted by Crippen LogP contribution is -2.50. The van der Waals surface area contributed by atoms with Gasteiger partial charge in [0.25, 0.3) is 5.91 Å². The van der Waals surface area contributed by atoms with Gasteiger partial charge in [-0.25, -0.2) is 0 Å². The molecule has 0 radical (unpaired) electrons. The van der Waals surface area contributed by atoms with Gasteiger partial charge in [-0.05, 0) is 38.0 Å². The van der Waals surface area contributed by atoms with Crippen LogP contribution in [0.5, 0.6) is 0 Å². The number of nitrogens with one attached hydrogen (secondary N) is 1. The van der Waals surface area contributed by atoms with Crippen molar-refractivity contribution in [1.82, 2.24) is 30.4 Å². The van der Waals surface area contributed by atoms with E-state index in [-0.39, 0.29) is 17.6 Å². The summed E-state index contributed by atoms with van der Waals surface area (Å²) in [5.74, 6) is 0.634. The number of piperidine rings is 1. The van der Waals surface area contributed by atoms with Gasteiger partial charge in [0.2, 0.25) is 11.7 Å². The SMILES string of the molecule is CC(C)Cc1cc(C(=O)N2CCC3(CCCCn4cc(nn4)COCCNC3=O)CC2)on1. The molecule has 0 unspecified atom stereocenters. The zero-order valence-corrected chi connectivity index (χ0v) is 19.6. The molecule has 1 spiro atoms. The van der Waals surface area contributed by atoms with Gasteiger partial charge in [-0.1, -0.05) is 30.6 Å². The van der Waals surface area contributed by atoms with Crippen molar-refractivity contribution in [1.29, 1.82) is 0 Å². The van der Waals surface area contributed by atoms with Crippen molar-refractivity contribution in [3.05, 3.63) is 29.4 Å². The van der Waals surface area contributed by atoms with Crippen molar-refractivity contribution >= 4 is 11.8 Å². The normalized spacial score (nSPS) is 20.0. The Labute approximate surface area is 194 Å². The first-order chi connectivity index (χ1) is 15.9. The largest absolute Gasteiger partial charge is 0.373 e. The molecular formula is C23H34N6O4. The van der Waals surface area contributed by atoms with Gasteiger partial charge in [0.05, 0.1) is 30.5 Å². The minimum absolute atomic E-state index is 0.0611. The number of hydrogen-bond donors (Lipinski definition) is 1. The Kier molecular flexibility index (Phi) is 7.42. The van der Waals surface area contributed by atoms with Gasteiger partial charge in [-0.3, -0.25) is 14.3 Å². The molecule has 2 aliphatic rings. The van der Waals surface area contributed by atoms with Crippen LogP contribution in [0.15, 0.2) is 16.8 Å². The zero-order valence-electron chi connectivity index (χ0n) is 19.6. The van der Waals surface area contributed by atoms with Crippen LogP contribution in [0.1, 0.15) is 67.9 Å². The quantitative estimate of drug-likeness (QED) is 0.750. The van der Waals surface area contributed by atoms with E-state index in [9.17, 15) is 9.59 Å². The van der Waals surface area contributed by atoms with E-state index < -0.39 is 5.41 Å². The first-order valence-electron chi connectivity index (χ1n) is 12.0. The van der Waals surface area contributed by atoms with Crippen LogP contribution in [0.3, 0.4) is 0 Å². The van der Waals surface area contributed by atoms with E-state index in [0.717, 1.165) is 43.6 Å². The number of carbonyl (C=O) groups is 2. The summed E-state index contributed by atoms with van der Waals surface area (Å²) in [6.45, 7) is 7.28. The van der Waals surface area contributed by atoms with Crippen LogP contribution in [-0.4, -0.2) is 63.1 Å². The molecule has 10 nitrogen and oxygen atoms in total. The second-order valence-corrected chi connectivity index (χ2v) is 9.59. The minimum Gasteiger partial charge on any atom is -0.373 e. The Morgan fingerprint density at radius 1 is 1.21 bits per heavy atom. The summed E-state index contributed by atoms with van der Waals surface area (Å²) in [6, 6.07) is 1.75. The maximum absolute atomic E-state index is 13.2. The summed E-state index contributed by atoms with van der Waals surface area (Å²) >= 11 is 0. The van der Waals surface area contributed by atoms with Crippen LogP contribution in [-0.2, 0) is 29.1 Å². The van der Waals surface area contributed by atoms with Crippen molar-refractivity contribution in [3.8, 4) is 0 Å². The van der Waals surface area contributed by atoms with Crippen molar-refractivity contribution in [3.63, 3.8) is 0 Å². The molecule has 2 amide bonds. The molecule has 0 aromatic carbocycles. The molecule has 2 aromatic heterocycles. The zero-order chi connectivity index (χ0) is 23.3. The second-order valence-electron chi connectivity index (χ2n) is 9.59. The molecule has 1 fully saturated rings. The third-order valence-electron chi connectivity index (χ3n) is 6.54. The number of likely N-dealkylation sites (tertiary alicyclic amines) is 1. The number of amides is 2. The lowest BCUT2D eigenvalue weighted by atomic mass is 9.73. The molecule has 2 bridgehead atoms. The van der Waals surface area contributed by atoms with Gasteiger partial charge in [0.1, 0.15) is 5.69 Å². The topological polar surface area (TPSA) is 115 Å². The number of ether oxygens (including phenoxy) is 1. The molecule has 4 heterocycles. The van der Waals surface area contributed by atoms with E-state index in [0.29, 0.717) is 51.6 Å². The van der Waals surface area contributed by atoms with E-state index in [1.54, 1.807) is 11.0 Å². The van der Waals surface area contributed by atoms with Gasteiger partial charge in [0.15, 0.2) is 0 Å². The summed E-state index contributed by atoms with van der Waals surface area (Å²) in [7, 11) is 0. The molecule has 10 heteroatoms. The summed E-state index contributed by atoms with van der Waals surface area (Å²) in [6.07, 6.45) is 6.56. The highest BCUT2D eigenvalue weighted by Crippen LogP contribution is 2.37. The Hall–Kier alpha value is -2.75. The highest BCUT2D eigenvalue weighted by molar-refractivity contribution is 5.92. The van der Waals surface area contributed by atoms with Gasteiger partial charge in [-0.2, -0.15) is 0 Å². The van der Waals surface area contributed by atoms with Crippen molar-refractivity contribution < 1.29 is 18.8 Å². The number of rotatable bonds is 3. The van der Waals surface area contributed by atoms with Crippen LogP contribution in [0.4, 0.5) is 0 Å². The standard InChI is InChI=1S/C23H34N6O4/c1-17(2)13-18-14-20(33-26-18)21(30)28-10-6-23(7-11-28)5-3-4-9-29-15-19(25-27-29)16-32-12-8-24-22(23)31/h14-15,17H,3-13,16H2,1-2H3,(H,24,31). The maximum Gasteiger partial charge on any atom is 0.292 e. The average molecular weight is 459 g/mol. The van der Waals surface area contributed by atoms with Crippen LogP contribution in [0.25, 0.3) is 0 Å². The molecule has 180 valence electrons. The highest BCUT2D eigenvalue weighted by Gasteiger charge is 2.42. The third kappa shape index (κ3) is 5.79. The smallest absolute Gasteiger partial charge is 0.292 e. The lowest BCUT2D eigenvalue weighted by molar-refractivity contribution is -0.134. The van der Waals surface area contributed by atoms with E-state index in [1.165, 1.54) is 0 Å². The van der Waals surface area contributed by atoms with Crippen molar-refractivity contribution in [2.24, 2.45) is 11.3 Å². The molecule has 33 heavy (non-hydrogen) atoms. The first-order valence-corrected chi connectivity index (χ1v) is 12.0. The molecule has 0 aliphatic carbocycles. The fourth-order valence-corrected chi connectivity index (χ4v) is 4.66. The number of carbonyl (C=O) groups excluding carboxylic acids is 2. The van der Waals surface area contributed by atoms with Crippen LogP contribution in [0, 0.1) is 11.3 Å². The van der Waals surface area contributed by atoms with Crippen molar-refractivity contribution in [2.75, 3.05) is 26.2 Å². The second kappa shape index (κ2) is 10.5. The van der Waals surface area contributed by atoms with Crippen LogP contribution in [0.2, 0.25) is 0 Å². The highest BCUT2D eigenvalue weighted by atomic mass is 16.5. The monoisotopic (exact) mass is 458 g/mol. The molecule has 0 saturated carbocycles. The molecule has 1 N–H and O–H groups in total. The van der Waals surface area contributed by atoms with Crippen LogP contribution < -0.4 is 5.32 Å². The number of aromatic nitrogens is 4. The summed E-state index contributed by atoms with van der Waals surface area (Å²) < 4.78 is 12.8. The Bertz CT molecular complexity index is 944. The molecule has 1 saturated heterocycles. The van der Waals surface area contributed by atoms with Gasteiger partial charge >= 0.3 is 0 Å². The van der Waals surface area contributed by atoms with E-state index in [4.69, 9.17) is 9.26 Å². The molecule has 0 atom stereocenters. The Balaban J connectivity index is 1.38. The van der Waals surface area contributed by atoms with Gasteiger partial charge in [0, 0.05) is 32.2 Å². The molecule has 2 aliphatic heterocycles. The number of hydrogen-bond acceptors (Lipinski definition) is 7. The fourth-order valence-electron chi connectivity index (χ4n) is 4.66. The van der Waals surface area contributed by atoms with E-state index in [2.05, 4.69) is 34.6 Å². The summed E-state index contributed by atoms with van der Waals surface area (Å²) in [5.41, 5.74) is 1.13. The van der Waals surface area contributed by atoms with Gasteiger partial charge < -0.3 is 19.5 Å². The summed E-state index contributed by atoms with van der Waals surface area (Å²) in [5, 5.41) is 15.4. The predicted molar refractivity (Wildman–Crippen MR) is 119 cm³/mol. The summed E-state index contributed by atoms with van der Waals surface area (Å²) in [4.78, 5) is 27.9. The predicted octanol–water partition coefficient (Wildman–Crippen LogP) is 2.20. The van der Waals surface area contributed by atoms with Gasteiger partial charge in [-0.15, -0.1) is 5.10 Å². The number of aryl methyl sites for hydroxylation is 1. The number of nitrogens with zero attached hydrogens (tertiary/aromatic N) is 5. The lowest BCUT2D eigenvalue weighted by Gasteiger charge is -2.40. The van der Waals surface area contributed by atoms with E-state index in [1.807, 2.05) is 10.9 Å². The fraction of sp³-hybridized carbons (Fsp3) is 0.696. The Morgan fingerprint density at radius 2 is 2.03 bits per heavy atom. The molecular weight excluding hydrogens is 424 g/mol. The third-order valence-corrected chi connectivity index (χ3v) is 6.54. The van der Waals surface area contributed by atoms with Crippen LogP contribution >= 0.6 is 0 Å². The average Bonchev–Trinajstić information content (AvgIpc) is 3.45. The molecule has 4 rings (SSSR count). The van der Waals surface area contributed by atoms with Crippen molar-refractivity contribution in [2.45, 2.75) is 65.5 Å². The molecule has 2 aromatic rings. The first kappa shape index (κ1) is 23.4. The Morgan fingerprint density at radius 3 is 2.82 bits per heavy atom. The minimum atomic E-state index is -0.474. The number of fused-ring (bicyclic) bond motifs is 2. The van der Waals surface area contributed by atoms with E-state index >= 15 is 0 Å². The maximum atomic E-state index is 13.2.